The highest BCUT2D eigenvalue weighted by molar-refractivity contribution is 5.65. The number of hydrogen-bond donors (Lipinski definition) is 2. The van der Waals surface area contributed by atoms with E-state index in [1.807, 2.05) is 0 Å². The Bertz CT molecular complexity index is 264. The molecule has 2 heterocycles. The van der Waals surface area contributed by atoms with E-state index < -0.39 is 6.09 Å². The van der Waals surface area contributed by atoms with E-state index in [4.69, 9.17) is 5.11 Å². The van der Waals surface area contributed by atoms with E-state index in [0.29, 0.717) is 25.0 Å². The van der Waals surface area contributed by atoms with Crippen LogP contribution in [0.5, 0.6) is 0 Å². The Morgan fingerprint density at radius 2 is 1.88 bits per heavy atom. The van der Waals surface area contributed by atoms with E-state index in [1.165, 1.54) is 4.90 Å². The molecule has 2 fully saturated rings. The molecule has 0 aromatic carbocycles. The molecule has 5 nitrogen and oxygen atoms in total. The van der Waals surface area contributed by atoms with Gasteiger partial charge in [0.25, 0.3) is 0 Å². The minimum atomic E-state index is -0.796. The maximum atomic E-state index is 10.8. The van der Waals surface area contributed by atoms with Crippen LogP contribution >= 0.6 is 0 Å². The molecule has 0 aromatic rings. The number of nitrogens with zero attached hydrogens (tertiary/aromatic N) is 2. The van der Waals surface area contributed by atoms with Crippen LogP contribution in [0.4, 0.5) is 4.79 Å². The Morgan fingerprint density at radius 3 is 2.47 bits per heavy atom. The van der Waals surface area contributed by atoms with Crippen LogP contribution in [0.25, 0.3) is 0 Å². The molecular formula is C12H22N2O3. The number of amides is 1. The number of carboxylic acid groups (broad SMARTS) is 1. The third kappa shape index (κ3) is 3.10. The smallest absolute Gasteiger partial charge is 0.407 e. The van der Waals surface area contributed by atoms with E-state index >= 15 is 0 Å². The zero-order valence-electron chi connectivity index (χ0n) is 10.2. The summed E-state index contributed by atoms with van der Waals surface area (Å²) in [4.78, 5) is 14.8. The van der Waals surface area contributed by atoms with Crippen molar-refractivity contribution in [3.8, 4) is 0 Å². The first-order chi connectivity index (χ1) is 8.20. The Hall–Kier alpha value is -0.810. The fourth-order valence-corrected chi connectivity index (χ4v) is 3.00. The van der Waals surface area contributed by atoms with E-state index in [2.05, 4.69) is 4.90 Å². The largest absolute Gasteiger partial charge is 0.465 e. The second-order valence-corrected chi connectivity index (χ2v) is 5.19. The fraction of sp³-hybridized carbons (Fsp3) is 0.917. The lowest BCUT2D eigenvalue weighted by atomic mass is 9.94. The highest BCUT2D eigenvalue weighted by atomic mass is 16.4. The van der Waals surface area contributed by atoms with Crippen molar-refractivity contribution >= 4 is 6.09 Å². The Kier molecular flexibility index (Phi) is 4.23. The maximum Gasteiger partial charge on any atom is 0.407 e. The molecule has 2 rings (SSSR count). The second-order valence-electron chi connectivity index (χ2n) is 5.19. The van der Waals surface area contributed by atoms with Gasteiger partial charge in [-0.25, -0.2) is 4.79 Å². The summed E-state index contributed by atoms with van der Waals surface area (Å²) in [6.07, 6.45) is 3.36. The van der Waals surface area contributed by atoms with Crippen LogP contribution in [0, 0.1) is 5.92 Å². The number of hydrogen-bond acceptors (Lipinski definition) is 3. The van der Waals surface area contributed by atoms with Gasteiger partial charge in [-0.3, -0.25) is 4.90 Å². The molecule has 0 aromatic heterocycles. The Labute approximate surface area is 102 Å². The van der Waals surface area contributed by atoms with Gasteiger partial charge in [-0.1, -0.05) is 0 Å². The topological polar surface area (TPSA) is 64.0 Å². The third-order valence-electron chi connectivity index (χ3n) is 4.06. The number of rotatable bonds is 2. The van der Waals surface area contributed by atoms with Gasteiger partial charge in [-0.15, -0.1) is 0 Å². The average Bonchev–Trinajstić information content (AvgIpc) is 2.39. The second kappa shape index (κ2) is 5.69. The highest BCUT2D eigenvalue weighted by Crippen LogP contribution is 2.23. The molecule has 0 saturated carbocycles. The Morgan fingerprint density at radius 1 is 1.18 bits per heavy atom. The van der Waals surface area contributed by atoms with Crippen molar-refractivity contribution in [2.75, 3.05) is 32.8 Å². The minimum absolute atomic E-state index is 0.282. The van der Waals surface area contributed by atoms with Gasteiger partial charge in [0.15, 0.2) is 0 Å². The quantitative estimate of drug-likeness (QED) is 0.753. The molecule has 0 spiro atoms. The number of likely N-dealkylation sites (tertiary alicyclic amines) is 2. The van der Waals surface area contributed by atoms with Gasteiger partial charge in [0, 0.05) is 32.3 Å². The Balaban J connectivity index is 1.81. The predicted molar refractivity (Wildman–Crippen MR) is 64.0 cm³/mol. The molecule has 0 unspecified atom stereocenters. The lowest BCUT2D eigenvalue weighted by Crippen LogP contribution is -2.49. The molecule has 2 aliphatic rings. The van der Waals surface area contributed by atoms with E-state index in [1.54, 1.807) is 0 Å². The normalized spacial score (nSPS) is 28.3. The first-order valence-corrected chi connectivity index (χ1v) is 6.53. The van der Waals surface area contributed by atoms with Gasteiger partial charge in [0.1, 0.15) is 0 Å². The zero-order chi connectivity index (χ0) is 12.3. The van der Waals surface area contributed by atoms with Crippen molar-refractivity contribution in [1.29, 1.82) is 0 Å². The van der Waals surface area contributed by atoms with Crippen molar-refractivity contribution in [2.45, 2.75) is 31.7 Å². The lowest BCUT2D eigenvalue weighted by Gasteiger charge is -2.41. The molecule has 0 bridgehead atoms. The summed E-state index contributed by atoms with van der Waals surface area (Å²) in [6.45, 7) is 3.67. The maximum absolute atomic E-state index is 10.8. The van der Waals surface area contributed by atoms with Gasteiger partial charge in [0.05, 0.1) is 0 Å². The van der Waals surface area contributed by atoms with Crippen LogP contribution in [0.3, 0.4) is 0 Å². The summed E-state index contributed by atoms with van der Waals surface area (Å²) in [5, 5.41) is 18.1. The molecular weight excluding hydrogens is 220 g/mol. The predicted octanol–water partition coefficient (Wildman–Crippen LogP) is 0.833. The highest BCUT2D eigenvalue weighted by Gasteiger charge is 2.29. The molecule has 98 valence electrons. The number of aliphatic hydroxyl groups excluding tert-OH is 1. The summed E-state index contributed by atoms with van der Waals surface area (Å²) in [6, 6.07) is 0.514. The van der Waals surface area contributed by atoms with E-state index in [9.17, 15) is 9.90 Å². The molecule has 2 aliphatic heterocycles. The van der Waals surface area contributed by atoms with Gasteiger partial charge in [-0.2, -0.15) is 0 Å². The molecule has 1 amide bonds. The molecule has 1 atom stereocenters. The first kappa shape index (κ1) is 12.6. The average molecular weight is 242 g/mol. The summed E-state index contributed by atoms with van der Waals surface area (Å²) >= 11 is 0. The summed E-state index contributed by atoms with van der Waals surface area (Å²) in [7, 11) is 0. The van der Waals surface area contributed by atoms with Crippen molar-refractivity contribution in [3.63, 3.8) is 0 Å². The van der Waals surface area contributed by atoms with Crippen LogP contribution in [0.2, 0.25) is 0 Å². The summed E-state index contributed by atoms with van der Waals surface area (Å²) < 4.78 is 0. The standard InChI is InChI=1S/C12H22N2O3/c15-9-10-2-1-5-14(8-10)11-3-6-13(7-4-11)12(16)17/h10-11,15H,1-9H2,(H,16,17)/t10-/m0/s1. The molecule has 2 saturated heterocycles. The molecule has 0 radical (unpaired) electrons. The summed E-state index contributed by atoms with van der Waals surface area (Å²) in [5.41, 5.74) is 0. The fourth-order valence-electron chi connectivity index (χ4n) is 3.00. The van der Waals surface area contributed by atoms with E-state index in [0.717, 1.165) is 38.8 Å². The molecule has 5 heteroatoms. The van der Waals surface area contributed by atoms with Gasteiger partial charge in [0.2, 0.25) is 0 Å². The van der Waals surface area contributed by atoms with Crippen LogP contribution in [-0.4, -0.2) is 64.9 Å². The van der Waals surface area contributed by atoms with Crippen LogP contribution in [0.1, 0.15) is 25.7 Å². The number of carbonyl (C=O) groups is 1. The zero-order valence-corrected chi connectivity index (χ0v) is 10.2. The SMILES string of the molecule is O=C(O)N1CCC(N2CCC[C@H](CO)C2)CC1. The van der Waals surface area contributed by atoms with Gasteiger partial charge < -0.3 is 15.1 Å². The summed E-state index contributed by atoms with van der Waals surface area (Å²) in [5.74, 6) is 0.418. The number of piperidine rings is 2. The van der Waals surface area contributed by atoms with Crippen molar-refractivity contribution in [2.24, 2.45) is 5.92 Å². The molecule has 0 aliphatic carbocycles. The van der Waals surface area contributed by atoms with E-state index in [-0.39, 0.29) is 6.61 Å². The molecule has 2 N–H and O–H groups in total. The van der Waals surface area contributed by atoms with Crippen LogP contribution in [0.15, 0.2) is 0 Å². The minimum Gasteiger partial charge on any atom is -0.465 e. The monoisotopic (exact) mass is 242 g/mol. The van der Waals surface area contributed by atoms with Crippen LogP contribution < -0.4 is 0 Å². The van der Waals surface area contributed by atoms with Crippen molar-refractivity contribution < 1.29 is 15.0 Å². The third-order valence-corrected chi connectivity index (χ3v) is 4.06. The van der Waals surface area contributed by atoms with Crippen LogP contribution in [-0.2, 0) is 0 Å². The molecule has 17 heavy (non-hydrogen) atoms. The van der Waals surface area contributed by atoms with Gasteiger partial charge >= 0.3 is 6.09 Å². The van der Waals surface area contributed by atoms with Crippen molar-refractivity contribution in [3.05, 3.63) is 0 Å². The lowest BCUT2D eigenvalue weighted by molar-refractivity contribution is 0.0539. The first-order valence-electron chi connectivity index (χ1n) is 6.53. The van der Waals surface area contributed by atoms with Gasteiger partial charge in [-0.05, 0) is 38.1 Å². The number of aliphatic hydroxyl groups is 1. The van der Waals surface area contributed by atoms with Crippen molar-refractivity contribution in [1.82, 2.24) is 9.80 Å².